The molecule has 2 aromatic rings. The zero-order valence-electron chi connectivity index (χ0n) is 17.7. The quantitative estimate of drug-likeness (QED) is 0.710. The summed E-state index contributed by atoms with van der Waals surface area (Å²) < 4.78 is 56.8. The van der Waals surface area contributed by atoms with Crippen LogP contribution in [0.1, 0.15) is 19.4 Å². The van der Waals surface area contributed by atoms with E-state index in [1.807, 2.05) is 0 Å². The smallest absolute Gasteiger partial charge is 0.261 e. The van der Waals surface area contributed by atoms with Crippen LogP contribution in [0.5, 0.6) is 0 Å². The molecule has 0 fully saturated rings. The summed E-state index contributed by atoms with van der Waals surface area (Å²) >= 11 is 0. The molecule has 1 heterocycles. The molecule has 1 aliphatic heterocycles. The summed E-state index contributed by atoms with van der Waals surface area (Å²) in [6.45, 7) is 2.45. The van der Waals surface area contributed by atoms with Crippen LogP contribution in [0.25, 0.3) is 5.57 Å². The van der Waals surface area contributed by atoms with Gasteiger partial charge in [-0.1, -0.05) is 30.3 Å². The molecule has 0 atom stereocenters. The SMILES string of the molecule is CC(C)(C(=O)Nc1cc(F)ccc1F)N1COC(CS(C)(=O)=O)=C(c2ccccc2)C1=O. The summed E-state index contributed by atoms with van der Waals surface area (Å²) in [5, 5.41) is 2.30. The van der Waals surface area contributed by atoms with Gasteiger partial charge in [-0.05, 0) is 31.5 Å². The number of halogens is 2. The second-order valence-corrected chi connectivity index (χ2v) is 10.0. The first-order chi connectivity index (χ1) is 14.9. The van der Waals surface area contributed by atoms with E-state index in [0.717, 1.165) is 29.4 Å². The first kappa shape index (κ1) is 23.4. The van der Waals surface area contributed by atoms with Crippen LogP contribution < -0.4 is 5.32 Å². The van der Waals surface area contributed by atoms with E-state index < -0.39 is 51.3 Å². The zero-order valence-corrected chi connectivity index (χ0v) is 18.5. The van der Waals surface area contributed by atoms with E-state index in [-0.39, 0.29) is 17.0 Å². The highest BCUT2D eigenvalue weighted by molar-refractivity contribution is 7.90. The molecule has 1 aliphatic rings. The van der Waals surface area contributed by atoms with Crippen molar-refractivity contribution >= 4 is 32.9 Å². The van der Waals surface area contributed by atoms with Crippen molar-refractivity contribution in [2.45, 2.75) is 19.4 Å². The summed E-state index contributed by atoms with van der Waals surface area (Å²) in [7, 11) is -3.52. The number of benzene rings is 2. The lowest BCUT2D eigenvalue weighted by Gasteiger charge is -2.40. The Morgan fingerprint density at radius 2 is 1.81 bits per heavy atom. The Bertz CT molecular complexity index is 1190. The minimum Gasteiger partial charge on any atom is -0.475 e. The second kappa shape index (κ2) is 8.70. The molecule has 32 heavy (non-hydrogen) atoms. The summed E-state index contributed by atoms with van der Waals surface area (Å²) in [6, 6.07) is 11.0. The van der Waals surface area contributed by atoms with Crippen molar-refractivity contribution in [3.05, 3.63) is 71.5 Å². The van der Waals surface area contributed by atoms with Gasteiger partial charge in [0, 0.05) is 12.3 Å². The molecule has 0 saturated heterocycles. The maximum Gasteiger partial charge on any atom is 0.261 e. The van der Waals surface area contributed by atoms with Crippen molar-refractivity contribution in [2.24, 2.45) is 0 Å². The minimum absolute atomic E-state index is 0.0140. The van der Waals surface area contributed by atoms with Gasteiger partial charge in [0.05, 0.1) is 11.3 Å². The predicted octanol–water partition coefficient (Wildman–Crippen LogP) is 2.95. The number of hydrogen-bond donors (Lipinski definition) is 1. The molecule has 10 heteroatoms. The Morgan fingerprint density at radius 1 is 1.16 bits per heavy atom. The lowest BCUT2D eigenvalue weighted by Crippen LogP contribution is -2.57. The number of rotatable bonds is 6. The normalized spacial score (nSPS) is 14.9. The maximum atomic E-state index is 14.0. The molecule has 1 N–H and O–H groups in total. The van der Waals surface area contributed by atoms with E-state index >= 15 is 0 Å². The molecule has 0 spiro atoms. The molecule has 0 unspecified atom stereocenters. The van der Waals surface area contributed by atoms with Crippen molar-refractivity contribution in [3.8, 4) is 0 Å². The molecule has 7 nitrogen and oxygen atoms in total. The van der Waals surface area contributed by atoms with Crippen LogP contribution in [0, 0.1) is 11.6 Å². The molecule has 0 aliphatic carbocycles. The van der Waals surface area contributed by atoms with E-state index in [1.165, 1.54) is 13.8 Å². The molecular weight excluding hydrogens is 442 g/mol. The molecule has 3 rings (SSSR count). The van der Waals surface area contributed by atoms with Gasteiger partial charge in [0.1, 0.15) is 28.7 Å². The molecule has 0 saturated carbocycles. The van der Waals surface area contributed by atoms with Crippen LogP contribution in [-0.4, -0.2) is 49.4 Å². The molecule has 0 radical (unpaired) electrons. The van der Waals surface area contributed by atoms with Gasteiger partial charge in [-0.2, -0.15) is 0 Å². The predicted molar refractivity (Wildman–Crippen MR) is 115 cm³/mol. The number of hydrogen-bond acceptors (Lipinski definition) is 5. The largest absolute Gasteiger partial charge is 0.475 e. The zero-order chi connectivity index (χ0) is 23.7. The van der Waals surface area contributed by atoms with E-state index in [0.29, 0.717) is 5.56 Å². The fourth-order valence-corrected chi connectivity index (χ4v) is 3.88. The number of amides is 2. The fourth-order valence-electron chi connectivity index (χ4n) is 3.18. The Balaban J connectivity index is 1.97. The third-order valence-corrected chi connectivity index (χ3v) is 5.76. The summed E-state index contributed by atoms with van der Waals surface area (Å²) in [5.74, 6) is -3.49. The van der Waals surface area contributed by atoms with Crippen molar-refractivity contribution in [1.29, 1.82) is 0 Å². The van der Waals surface area contributed by atoms with Gasteiger partial charge in [0.2, 0.25) is 5.91 Å². The van der Waals surface area contributed by atoms with Gasteiger partial charge >= 0.3 is 0 Å². The van der Waals surface area contributed by atoms with Crippen LogP contribution in [0.2, 0.25) is 0 Å². The molecule has 2 aromatic carbocycles. The van der Waals surface area contributed by atoms with Gasteiger partial charge < -0.3 is 10.1 Å². The minimum atomic E-state index is -3.52. The van der Waals surface area contributed by atoms with Crippen molar-refractivity contribution < 1.29 is 31.5 Å². The highest BCUT2D eigenvalue weighted by Gasteiger charge is 2.43. The Labute approximate surface area is 184 Å². The molecular formula is C22H22F2N2O5S. The molecule has 0 aromatic heterocycles. The lowest BCUT2D eigenvalue weighted by molar-refractivity contribution is -0.147. The first-order valence-corrected chi connectivity index (χ1v) is 11.6. The topological polar surface area (TPSA) is 92.8 Å². The number of anilines is 1. The average Bonchev–Trinajstić information content (AvgIpc) is 2.70. The van der Waals surface area contributed by atoms with Crippen LogP contribution in [0.15, 0.2) is 54.3 Å². The Morgan fingerprint density at radius 3 is 2.44 bits per heavy atom. The van der Waals surface area contributed by atoms with Gasteiger partial charge in [-0.3, -0.25) is 14.5 Å². The summed E-state index contributed by atoms with van der Waals surface area (Å²) in [6.07, 6.45) is 1.02. The van der Waals surface area contributed by atoms with Gasteiger partial charge in [0.25, 0.3) is 5.91 Å². The number of ether oxygens (including phenoxy) is 1. The second-order valence-electron chi connectivity index (χ2n) is 7.88. The van der Waals surface area contributed by atoms with E-state index in [9.17, 15) is 26.8 Å². The van der Waals surface area contributed by atoms with Crippen LogP contribution in [0.4, 0.5) is 14.5 Å². The highest BCUT2D eigenvalue weighted by Crippen LogP contribution is 2.32. The molecule has 0 bridgehead atoms. The number of carbonyl (C=O) groups is 2. The number of nitrogens with zero attached hydrogens (tertiary/aromatic N) is 1. The standard InChI is InChI=1S/C22H22F2N2O5S/c1-22(2,21(28)25-17-11-15(23)9-10-16(17)24)26-13-31-18(12-32(3,29)30)19(20(26)27)14-7-5-4-6-8-14/h4-11H,12-13H2,1-3H3,(H,25,28). The highest BCUT2D eigenvalue weighted by atomic mass is 32.2. The number of nitrogens with one attached hydrogen (secondary N) is 1. The van der Waals surface area contributed by atoms with E-state index in [4.69, 9.17) is 4.74 Å². The number of sulfone groups is 1. The lowest BCUT2D eigenvalue weighted by atomic mass is 9.96. The first-order valence-electron chi connectivity index (χ1n) is 9.57. The molecule has 2 amide bonds. The van der Waals surface area contributed by atoms with Crippen LogP contribution in [-0.2, 0) is 24.2 Å². The summed E-state index contributed by atoms with van der Waals surface area (Å²) in [5.41, 5.74) is -1.48. The van der Waals surface area contributed by atoms with Gasteiger partial charge in [0.15, 0.2) is 16.6 Å². The van der Waals surface area contributed by atoms with E-state index in [1.54, 1.807) is 30.3 Å². The summed E-state index contributed by atoms with van der Waals surface area (Å²) in [4.78, 5) is 27.5. The van der Waals surface area contributed by atoms with Crippen molar-refractivity contribution in [2.75, 3.05) is 24.1 Å². The average molecular weight is 464 g/mol. The van der Waals surface area contributed by atoms with Crippen LogP contribution >= 0.6 is 0 Å². The van der Waals surface area contributed by atoms with Crippen LogP contribution in [0.3, 0.4) is 0 Å². The van der Waals surface area contributed by atoms with Crippen molar-refractivity contribution in [3.63, 3.8) is 0 Å². The van der Waals surface area contributed by atoms with E-state index in [2.05, 4.69) is 5.32 Å². The monoisotopic (exact) mass is 464 g/mol. The fraction of sp³-hybridized carbons (Fsp3) is 0.273. The van der Waals surface area contributed by atoms with Crippen molar-refractivity contribution in [1.82, 2.24) is 4.90 Å². The third-order valence-electron chi connectivity index (χ3n) is 4.97. The maximum absolute atomic E-state index is 14.0. The Kier molecular flexibility index (Phi) is 6.36. The Hall–Kier alpha value is -3.27. The van der Waals surface area contributed by atoms with Gasteiger partial charge in [-0.25, -0.2) is 17.2 Å². The molecule has 170 valence electrons. The number of carbonyl (C=O) groups excluding carboxylic acids is 2. The third kappa shape index (κ3) is 4.96. The van der Waals surface area contributed by atoms with Gasteiger partial charge in [-0.15, -0.1) is 0 Å².